The molecule has 0 saturated heterocycles. The second-order valence-corrected chi connectivity index (χ2v) is 3.04. The highest BCUT2D eigenvalue weighted by Crippen LogP contribution is 2.16. The van der Waals surface area contributed by atoms with E-state index in [0.29, 0.717) is 0 Å². The summed E-state index contributed by atoms with van der Waals surface area (Å²) in [6.45, 7) is 2.14. The Morgan fingerprint density at radius 1 is 0.867 bits per heavy atom. The molecule has 0 saturated carbocycles. The standard InChI is InChI=1S/C11H10.BF3/c1-9-5-4-7-10-6-2-3-8-11(9)10;2-1(3)4/h2-8H,1H3;. The first-order valence-corrected chi connectivity index (χ1v) is 4.48. The van der Waals surface area contributed by atoms with Crippen LogP contribution in [0.3, 0.4) is 0 Å². The van der Waals surface area contributed by atoms with Crippen molar-refractivity contribution in [2.45, 2.75) is 6.92 Å². The Morgan fingerprint density at radius 3 is 2.00 bits per heavy atom. The van der Waals surface area contributed by atoms with Crippen LogP contribution in [0.5, 0.6) is 0 Å². The van der Waals surface area contributed by atoms with Crippen LogP contribution in [0.1, 0.15) is 5.56 Å². The molecule has 2 aromatic rings. The molecule has 0 N–H and O–H groups in total. The van der Waals surface area contributed by atoms with Gasteiger partial charge in [-0.1, -0.05) is 42.5 Å². The third-order valence-corrected chi connectivity index (χ3v) is 2.01. The van der Waals surface area contributed by atoms with Crippen molar-refractivity contribution in [1.29, 1.82) is 0 Å². The monoisotopic (exact) mass is 210 g/mol. The van der Waals surface area contributed by atoms with Gasteiger partial charge in [0, 0.05) is 0 Å². The Bertz CT molecular complexity index is 421. The molecule has 0 nitrogen and oxygen atoms in total. The number of rotatable bonds is 0. The van der Waals surface area contributed by atoms with E-state index < -0.39 is 7.54 Å². The van der Waals surface area contributed by atoms with Crippen LogP contribution in [0, 0.1) is 6.92 Å². The minimum Gasteiger partial charge on any atom is -0.254 e. The maximum absolute atomic E-state index is 9.67. The molecular weight excluding hydrogens is 200 g/mol. The summed E-state index contributed by atoms with van der Waals surface area (Å²) in [5.41, 5.74) is 1.35. The van der Waals surface area contributed by atoms with Crippen molar-refractivity contribution >= 4 is 18.3 Å². The van der Waals surface area contributed by atoms with E-state index in [-0.39, 0.29) is 0 Å². The van der Waals surface area contributed by atoms with Crippen molar-refractivity contribution in [3.63, 3.8) is 0 Å². The number of hydrogen-bond acceptors (Lipinski definition) is 0. The van der Waals surface area contributed by atoms with Gasteiger partial charge in [0.2, 0.25) is 0 Å². The fraction of sp³-hybridized carbons (Fsp3) is 0.0909. The fourth-order valence-corrected chi connectivity index (χ4v) is 1.39. The van der Waals surface area contributed by atoms with E-state index in [4.69, 9.17) is 0 Å². The molecule has 15 heavy (non-hydrogen) atoms. The minimum absolute atomic E-state index is 1.33. The summed E-state index contributed by atoms with van der Waals surface area (Å²) >= 11 is 0. The molecule has 78 valence electrons. The molecule has 0 aromatic heterocycles. The second-order valence-electron chi connectivity index (χ2n) is 3.04. The highest BCUT2D eigenvalue weighted by atomic mass is 19.4. The first-order chi connectivity index (χ1) is 7.11. The van der Waals surface area contributed by atoms with E-state index in [1.807, 2.05) is 0 Å². The van der Waals surface area contributed by atoms with Gasteiger partial charge in [-0.15, -0.1) is 0 Å². The van der Waals surface area contributed by atoms with Crippen LogP contribution in [0.4, 0.5) is 12.9 Å². The molecule has 0 spiro atoms. The molecule has 0 heterocycles. The summed E-state index contributed by atoms with van der Waals surface area (Å²) in [4.78, 5) is 0. The molecule has 2 rings (SSSR count). The number of fused-ring (bicyclic) bond motifs is 1. The van der Waals surface area contributed by atoms with Gasteiger partial charge < -0.3 is 0 Å². The lowest BCUT2D eigenvalue weighted by Gasteiger charge is -1.98. The summed E-state index contributed by atoms with van der Waals surface area (Å²) in [5, 5.41) is 2.68. The van der Waals surface area contributed by atoms with Crippen molar-refractivity contribution in [2.75, 3.05) is 0 Å². The lowest BCUT2D eigenvalue weighted by atomic mass is 10.1. The third-order valence-electron chi connectivity index (χ3n) is 2.01. The Morgan fingerprint density at radius 2 is 1.40 bits per heavy atom. The van der Waals surface area contributed by atoms with Crippen LogP contribution in [0.2, 0.25) is 0 Å². The van der Waals surface area contributed by atoms with Crippen LogP contribution < -0.4 is 0 Å². The summed E-state index contributed by atoms with van der Waals surface area (Å²) in [7, 11) is -3.67. The molecular formula is C11H10BF3. The predicted octanol–water partition coefficient (Wildman–Crippen LogP) is 4.03. The zero-order chi connectivity index (χ0) is 11.3. The van der Waals surface area contributed by atoms with E-state index in [1.165, 1.54) is 16.3 Å². The molecule has 0 bridgehead atoms. The molecule has 0 aliphatic heterocycles. The van der Waals surface area contributed by atoms with Crippen molar-refractivity contribution in [3.8, 4) is 0 Å². The van der Waals surface area contributed by atoms with E-state index in [0.717, 1.165) is 0 Å². The van der Waals surface area contributed by atoms with E-state index in [1.54, 1.807) is 0 Å². The molecule has 0 fully saturated rings. The number of benzene rings is 2. The lowest BCUT2D eigenvalue weighted by Crippen LogP contribution is -1.76. The molecule has 0 radical (unpaired) electrons. The fourth-order valence-electron chi connectivity index (χ4n) is 1.39. The number of halogens is 3. The van der Waals surface area contributed by atoms with Gasteiger partial charge >= 0.3 is 7.54 Å². The topological polar surface area (TPSA) is 0 Å². The first kappa shape index (κ1) is 11.6. The van der Waals surface area contributed by atoms with Crippen LogP contribution >= 0.6 is 0 Å². The molecule has 2 aromatic carbocycles. The van der Waals surface area contributed by atoms with E-state index in [9.17, 15) is 12.9 Å². The normalized spacial score (nSPS) is 9.33. The largest absolute Gasteiger partial charge is 0.762 e. The smallest absolute Gasteiger partial charge is 0.254 e. The molecule has 0 aliphatic carbocycles. The van der Waals surface area contributed by atoms with Gasteiger partial charge in [0.05, 0.1) is 0 Å². The van der Waals surface area contributed by atoms with Crippen LogP contribution in [0.25, 0.3) is 10.8 Å². The maximum atomic E-state index is 9.67. The quantitative estimate of drug-likeness (QED) is 0.575. The Kier molecular flexibility index (Phi) is 4.22. The Labute approximate surface area is 87.0 Å². The highest BCUT2D eigenvalue weighted by molar-refractivity contribution is 6.33. The summed E-state index contributed by atoms with van der Waals surface area (Å²) in [5.74, 6) is 0. The molecule has 0 unspecified atom stereocenters. The van der Waals surface area contributed by atoms with Gasteiger partial charge in [0.15, 0.2) is 0 Å². The lowest BCUT2D eigenvalue weighted by molar-refractivity contribution is 0.535. The number of hydrogen-bond donors (Lipinski definition) is 0. The van der Waals surface area contributed by atoms with E-state index >= 15 is 0 Å². The summed E-state index contributed by atoms with van der Waals surface area (Å²) in [6, 6.07) is 14.8. The minimum atomic E-state index is -3.67. The Balaban J connectivity index is 0.000000245. The average molecular weight is 210 g/mol. The molecule has 0 atom stereocenters. The number of aryl methyl sites for hydroxylation is 1. The van der Waals surface area contributed by atoms with Gasteiger partial charge in [-0.3, -0.25) is 12.9 Å². The average Bonchev–Trinajstić information content (AvgIpc) is 2.18. The van der Waals surface area contributed by atoms with Crippen molar-refractivity contribution in [2.24, 2.45) is 0 Å². The zero-order valence-electron chi connectivity index (χ0n) is 8.25. The van der Waals surface area contributed by atoms with Gasteiger partial charge in [-0.05, 0) is 23.3 Å². The van der Waals surface area contributed by atoms with Crippen LogP contribution in [-0.4, -0.2) is 7.54 Å². The second kappa shape index (κ2) is 5.44. The molecule has 4 heteroatoms. The van der Waals surface area contributed by atoms with Gasteiger partial charge in [0.1, 0.15) is 0 Å². The first-order valence-electron chi connectivity index (χ1n) is 4.48. The third kappa shape index (κ3) is 3.66. The van der Waals surface area contributed by atoms with Crippen molar-refractivity contribution in [1.82, 2.24) is 0 Å². The van der Waals surface area contributed by atoms with Gasteiger partial charge in [-0.2, -0.15) is 0 Å². The molecule has 0 amide bonds. The predicted molar refractivity (Wildman–Crippen MR) is 57.8 cm³/mol. The van der Waals surface area contributed by atoms with Gasteiger partial charge in [0.25, 0.3) is 0 Å². The van der Waals surface area contributed by atoms with E-state index in [2.05, 4.69) is 49.4 Å². The summed E-state index contributed by atoms with van der Waals surface area (Å²) in [6.07, 6.45) is 0. The van der Waals surface area contributed by atoms with Gasteiger partial charge in [-0.25, -0.2) is 0 Å². The van der Waals surface area contributed by atoms with Crippen molar-refractivity contribution < 1.29 is 12.9 Å². The summed E-state index contributed by atoms with van der Waals surface area (Å²) < 4.78 is 29.0. The van der Waals surface area contributed by atoms with Crippen LogP contribution in [-0.2, 0) is 0 Å². The zero-order valence-corrected chi connectivity index (χ0v) is 8.25. The SMILES string of the molecule is Cc1cccc2ccccc12.FB(F)F. The maximum Gasteiger partial charge on any atom is 0.762 e. The molecule has 0 aliphatic rings. The Hall–Kier alpha value is -1.45. The highest BCUT2D eigenvalue weighted by Gasteiger charge is 2.06. The van der Waals surface area contributed by atoms with Crippen molar-refractivity contribution in [3.05, 3.63) is 48.0 Å². The van der Waals surface area contributed by atoms with Crippen LogP contribution in [0.15, 0.2) is 42.5 Å².